The van der Waals surface area contributed by atoms with Crippen LogP contribution in [0.5, 0.6) is 0 Å². The summed E-state index contributed by atoms with van der Waals surface area (Å²) in [5.74, 6) is 0. The lowest BCUT2D eigenvalue weighted by Crippen LogP contribution is -2.44. The van der Waals surface area contributed by atoms with E-state index in [0.717, 1.165) is 13.2 Å². The molecule has 0 saturated heterocycles. The van der Waals surface area contributed by atoms with E-state index in [0.29, 0.717) is 12.1 Å². The zero-order valence-electron chi connectivity index (χ0n) is 9.45. The molecule has 1 N–H and O–H groups in total. The Morgan fingerprint density at radius 3 is 2.87 bits per heavy atom. The highest BCUT2D eigenvalue weighted by Crippen LogP contribution is 2.24. The summed E-state index contributed by atoms with van der Waals surface area (Å²) in [6, 6.07) is 5.07. The summed E-state index contributed by atoms with van der Waals surface area (Å²) >= 11 is 1.88. The zero-order chi connectivity index (χ0) is 10.7. The lowest BCUT2D eigenvalue weighted by atomic mass is 9.89. The number of hydrogen-bond acceptors (Lipinski definition) is 3. The van der Waals surface area contributed by atoms with Crippen molar-refractivity contribution in [1.82, 2.24) is 5.32 Å². The van der Waals surface area contributed by atoms with Crippen molar-refractivity contribution in [3.8, 4) is 0 Å². The van der Waals surface area contributed by atoms with Crippen LogP contribution in [-0.2, 0) is 11.3 Å². The second kappa shape index (κ2) is 5.10. The molecule has 0 radical (unpaired) electrons. The maximum Gasteiger partial charge on any atom is 0.0604 e. The Hall–Kier alpha value is -0.380. The van der Waals surface area contributed by atoms with E-state index in [-0.39, 0.29) is 0 Å². The van der Waals surface area contributed by atoms with Gasteiger partial charge in [-0.25, -0.2) is 0 Å². The topological polar surface area (TPSA) is 21.3 Å². The van der Waals surface area contributed by atoms with Gasteiger partial charge in [0.15, 0.2) is 0 Å². The number of thiophene rings is 1. The highest BCUT2D eigenvalue weighted by atomic mass is 32.1. The molecule has 0 spiro atoms. The highest BCUT2D eigenvalue weighted by Gasteiger charge is 2.28. The Kier molecular flexibility index (Phi) is 3.78. The summed E-state index contributed by atoms with van der Waals surface area (Å²) in [5.41, 5.74) is 0. The molecule has 1 saturated carbocycles. The third-order valence-electron chi connectivity index (χ3n) is 2.86. The molecule has 0 aromatic carbocycles. The van der Waals surface area contributed by atoms with Crippen molar-refractivity contribution in [1.29, 1.82) is 0 Å². The number of ether oxygens (including phenoxy) is 1. The van der Waals surface area contributed by atoms with Crippen LogP contribution in [0.3, 0.4) is 0 Å². The average molecular weight is 225 g/mol. The molecule has 15 heavy (non-hydrogen) atoms. The Morgan fingerprint density at radius 1 is 1.47 bits per heavy atom. The minimum atomic E-state index is 0.512. The van der Waals surface area contributed by atoms with E-state index < -0.39 is 0 Å². The number of rotatable bonds is 5. The molecule has 1 aromatic rings. The van der Waals surface area contributed by atoms with Crippen LogP contribution in [0, 0.1) is 6.92 Å². The van der Waals surface area contributed by atoms with Crippen LogP contribution in [0.1, 0.15) is 29.5 Å². The van der Waals surface area contributed by atoms with Crippen molar-refractivity contribution in [2.75, 3.05) is 6.61 Å². The van der Waals surface area contributed by atoms with Gasteiger partial charge >= 0.3 is 0 Å². The first-order chi connectivity index (χ1) is 7.28. The highest BCUT2D eigenvalue weighted by molar-refractivity contribution is 7.11. The largest absolute Gasteiger partial charge is 0.378 e. The molecule has 1 heterocycles. The van der Waals surface area contributed by atoms with Crippen LogP contribution in [0.25, 0.3) is 0 Å². The fourth-order valence-electron chi connectivity index (χ4n) is 1.93. The Morgan fingerprint density at radius 2 is 2.27 bits per heavy atom. The fourth-order valence-corrected chi connectivity index (χ4v) is 2.77. The SMILES string of the molecule is CCOC1CC(NCc2ccc(C)s2)C1. The quantitative estimate of drug-likeness (QED) is 0.832. The summed E-state index contributed by atoms with van der Waals surface area (Å²) in [7, 11) is 0. The predicted molar refractivity (Wildman–Crippen MR) is 64.3 cm³/mol. The maximum atomic E-state index is 5.53. The molecule has 3 heteroatoms. The molecule has 2 rings (SSSR count). The Balaban J connectivity index is 1.64. The van der Waals surface area contributed by atoms with Crippen LogP contribution < -0.4 is 5.32 Å². The van der Waals surface area contributed by atoms with E-state index >= 15 is 0 Å². The molecule has 84 valence electrons. The van der Waals surface area contributed by atoms with Crippen LogP contribution in [0.4, 0.5) is 0 Å². The summed E-state index contributed by atoms with van der Waals surface area (Å²) in [5, 5.41) is 3.57. The van der Waals surface area contributed by atoms with Gasteiger partial charge in [-0.15, -0.1) is 11.3 Å². The van der Waals surface area contributed by atoms with Crippen molar-refractivity contribution in [2.45, 2.75) is 45.4 Å². The van der Waals surface area contributed by atoms with Crippen molar-refractivity contribution >= 4 is 11.3 Å². The molecule has 0 bridgehead atoms. The van der Waals surface area contributed by atoms with E-state index in [1.807, 2.05) is 11.3 Å². The van der Waals surface area contributed by atoms with Crippen molar-refractivity contribution in [2.24, 2.45) is 0 Å². The van der Waals surface area contributed by atoms with Crippen molar-refractivity contribution < 1.29 is 4.74 Å². The summed E-state index contributed by atoms with van der Waals surface area (Å²) in [4.78, 5) is 2.83. The van der Waals surface area contributed by atoms with E-state index in [9.17, 15) is 0 Å². The van der Waals surface area contributed by atoms with Crippen molar-refractivity contribution in [3.05, 3.63) is 21.9 Å². The third-order valence-corrected chi connectivity index (χ3v) is 3.86. The minimum absolute atomic E-state index is 0.512. The Bertz CT molecular complexity index is 304. The fraction of sp³-hybridized carbons (Fsp3) is 0.667. The number of aryl methyl sites for hydroxylation is 1. The van der Waals surface area contributed by atoms with Gasteiger partial charge in [0.2, 0.25) is 0 Å². The number of nitrogens with one attached hydrogen (secondary N) is 1. The standard InChI is InChI=1S/C12H19NOS/c1-3-14-11-6-10(7-11)13-8-12-5-4-9(2)15-12/h4-5,10-11,13H,3,6-8H2,1-2H3. The minimum Gasteiger partial charge on any atom is -0.378 e. The predicted octanol–water partition coefficient (Wildman–Crippen LogP) is 2.71. The maximum absolute atomic E-state index is 5.53. The lowest BCUT2D eigenvalue weighted by molar-refractivity contribution is -0.0101. The summed E-state index contributed by atoms with van der Waals surface area (Å²) in [6.45, 7) is 6.08. The van der Waals surface area contributed by atoms with Crippen molar-refractivity contribution in [3.63, 3.8) is 0 Å². The summed E-state index contributed by atoms with van der Waals surface area (Å²) < 4.78 is 5.53. The molecular formula is C12H19NOS. The van der Waals surface area contributed by atoms with Gasteiger partial charge in [0.05, 0.1) is 6.10 Å². The normalized spacial score (nSPS) is 25.2. The number of hydrogen-bond donors (Lipinski definition) is 1. The van der Waals surface area contributed by atoms with Gasteiger partial charge in [0, 0.05) is 28.9 Å². The lowest BCUT2D eigenvalue weighted by Gasteiger charge is -2.35. The molecule has 2 nitrogen and oxygen atoms in total. The second-order valence-electron chi connectivity index (χ2n) is 4.14. The van der Waals surface area contributed by atoms with E-state index in [1.54, 1.807) is 0 Å². The first-order valence-electron chi connectivity index (χ1n) is 5.68. The molecule has 0 aliphatic heterocycles. The van der Waals surface area contributed by atoms with E-state index in [2.05, 4.69) is 31.3 Å². The van der Waals surface area contributed by atoms with Crippen LogP contribution in [0.2, 0.25) is 0 Å². The molecule has 1 aliphatic carbocycles. The smallest absolute Gasteiger partial charge is 0.0604 e. The van der Waals surface area contributed by atoms with Gasteiger partial charge in [-0.05, 0) is 38.8 Å². The average Bonchev–Trinajstić information content (AvgIpc) is 2.55. The molecule has 1 aliphatic rings. The monoisotopic (exact) mass is 225 g/mol. The molecule has 1 aromatic heterocycles. The zero-order valence-corrected chi connectivity index (χ0v) is 10.3. The van der Waals surface area contributed by atoms with Crippen LogP contribution in [0.15, 0.2) is 12.1 Å². The summed E-state index contributed by atoms with van der Waals surface area (Å²) in [6.07, 6.45) is 2.87. The van der Waals surface area contributed by atoms with E-state index in [1.165, 1.54) is 22.6 Å². The van der Waals surface area contributed by atoms with Crippen LogP contribution in [-0.4, -0.2) is 18.8 Å². The van der Waals surface area contributed by atoms with Gasteiger partial charge in [0.25, 0.3) is 0 Å². The first kappa shape index (κ1) is 11.1. The molecule has 0 unspecified atom stereocenters. The van der Waals surface area contributed by atoms with Gasteiger partial charge in [-0.3, -0.25) is 0 Å². The molecule has 1 fully saturated rings. The van der Waals surface area contributed by atoms with Crippen LogP contribution >= 0.6 is 11.3 Å². The molecule has 0 amide bonds. The van der Waals surface area contributed by atoms with Gasteiger partial charge in [-0.1, -0.05) is 0 Å². The van der Waals surface area contributed by atoms with Gasteiger partial charge in [0.1, 0.15) is 0 Å². The molecular weight excluding hydrogens is 206 g/mol. The van der Waals surface area contributed by atoms with Gasteiger partial charge < -0.3 is 10.1 Å². The van der Waals surface area contributed by atoms with E-state index in [4.69, 9.17) is 4.74 Å². The molecule has 0 atom stereocenters. The third kappa shape index (κ3) is 3.03. The Labute approximate surface area is 95.6 Å². The first-order valence-corrected chi connectivity index (χ1v) is 6.50. The second-order valence-corrected chi connectivity index (χ2v) is 5.51. The van der Waals surface area contributed by atoms with Gasteiger partial charge in [-0.2, -0.15) is 0 Å².